The maximum atomic E-state index is 12.0. The molecule has 1 amide bonds. The van der Waals surface area contributed by atoms with E-state index in [1.54, 1.807) is 0 Å². The lowest BCUT2D eigenvalue weighted by molar-refractivity contribution is -0.127. The third-order valence-corrected chi connectivity index (χ3v) is 3.88. The number of benzene rings is 1. The Labute approximate surface area is 123 Å². The first-order valence-corrected chi connectivity index (χ1v) is 7.21. The highest BCUT2D eigenvalue weighted by Gasteiger charge is 2.31. The summed E-state index contributed by atoms with van der Waals surface area (Å²) >= 11 is 0. The Bertz CT molecular complexity index is 609. The second kappa shape index (κ2) is 6.10. The number of carbonyl (C=O) groups excluding carboxylic acids is 1. The fourth-order valence-corrected chi connectivity index (χ4v) is 2.69. The van der Waals surface area contributed by atoms with Crippen LogP contribution in [0.1, 0.15) is 25.0 Å². The molecule has 2 unspecified atom stereocenters. The second-order valence-electron chi connectivity index (χ2n) is 5.37. The van der Waals surface area contributed by atoms with Gasteiger partial charge >= 0.3 is 0 Å². The number of aliphatic hydroxyl groups is 1. The Morgan fingerprint density at radius 2 is 2.14 bits per heavy atom. The van der Waals surface area contributed by atoms with Gasteiger partial charge in [0.2, 0.25) is 5.91 Å². The highest BCUT2D eigenvalue weighted by Crippen LogP contribution is 2.25. The van der Waals surface area contributed by atoms with Gasteiger partial charge in [-0.05, 0) is 19.3 Å². The van der Waals surface area contributed by atoms with E-state index in [9.17, 15) is 9.90 Å². The molecule has 2 N–H and O–H groups in total. The largest absolute Gasteiger partial charge is 0.392 e. The molecule has 5 heteroatoms. The number of hydrogen-bond donors (Lipinski definition) is 2. The van der Waals surface area contributed by atoms with Gasteiger partial charge in [-0.25, -0.2) is 0 Å². The zero-order valence-electron chi connectivity index (χ0n) is 11.7. The first kappa shape index (κ1) is 13.8. The molecule has 0 radical (unpaired) electrons. The van der Waals surface area contributed by atoms with Crippen molar-refractivity contribution >= 4 is 5.91 Å². The SMILES string of the molecule is O=C(NCc1cc(-c2ccccc2)on1)C1CCCC1O. The molecular weight excluding hydrogens is 268 g/mol. The van der Waals surface area contributed by atoms with Gasteiger partial charge in [0.15, 0.2) is 5.76 Å². The van der Waals surface area contributed by atoms with Gasteiger partial charge in [0.25, 0.3) is 0 Å². The summed E-state index contributed by atoms with van der Waals surface area (Å²) in [6.45, 7) is 0.318. The summed E-state index contributed by atoms with van der Waals surface area (Å²) in [6.07, 6.45) is 1.85. The molecule has 1 aliphatic carbocycles. The van der Waals surface area contributed by atoms with Crippen LogP contribution in [0, 0.1) is 5.92 Å². The Morgan fingerprint density at radius 3 is 2.86 bits per heavy atom. The first-order chi connectivity index (χ1) is 10.2. The standard InChI is InChI=1S/C16H18N2O3/c19-14-8-4-7-13(14)16(20)17-10-12-9-15(21-18-12)11-5-2-1-3-6-11/h1-3,5-6,9,13-14,19H,4,7-8,10H2,(H,17,20). The lowest BCUT2D eigenvalue weighted by Crippen LogP contribution is -2.34. The van der Waals surface area contributed by atoms with Crippen LogP contribution in [0.3, 0.4) is 0 Å². The topological polar surface area (TPSA) is 75.4 Å². The summed E-state index contributed by atoms with van der Waals surface area (Å²) in [7, 11) is 0. The maximum absolute atomic E-state index is 12.0. The van der Waals surface area contributed by atoms with Crippen molar-refractivity contribution in [3.63, 3.8) is 0 Å². The average molecular weight is 286 g/mol. The molecule has 1 saturated carbocycles. The summed E-state index contributed by atoms with van der Waals surface area (Å²) in [5.41, 5.74) is 1.63. The molecule has 1 aromatic carbocycles. The minimum absolute atomic E-state index is 0.107. The first-order valence-electron chi connectivity index (χ1n) is 7.21. The number of aliphatic hydroxyl groups excluding tert-OH is 1. The summed E-state index contributed by atoms with van der Waals surface area (Å²) in [5.74, 6) is 0.288. The van der Waals surface area contributed by atoms with Gasteiger partial charge in [-0.15, -0.1) is 0 Å². The molecule has 0 spiro atoms. The van der Waals surface area contributed by atoms with E-state index in [2.05, 4.69) is 10.5 Å². The van der Waals surface area contributed by atoms with Crippen molar-refractivity contribution in [2.75, 3.05) is 0 Å². The number of carbonyl (C=O) groups is 1. The van der Waals surface area contributed by atoms with Crippen LogP contribution in [0.15, 0.2) is 40.9 Å². The number of aromatic nitrogens is 1. The fourth-order valence-electron chi connectivity index (χ4n) is 2.69. The monoisotopic (exact) mass is 286 g/mol. The van der Waals surface area contributed by atoms with Crippen molar-refractivity contribution in [2.24, 2.45) is 5.92 Å². The van der Waals surface area contributed by atoms with E-state index < -0.39 is 6.10 Å². The lowest BCUT2D eigenvalue weighted by Gasteiger charge is -2.13. The van der Waals surface area contributed by atoms with Gasteiger partial charge in [-0.1, -0.05) is 35.5 Å². The van der Waals surface area contributed by atoms with E-state index in [1.807, 2.05) is 36.4 Å². The second-order valence-corrected chi connectivity index (χ2v) is 5.37. The van der Waals surface area contributed by atoms with Crippen molar-refractivity contribution in [3.05, 3.63) is 42.1 Å². The molecular formula is C16H18N2O3. The summed E-state index contributed by atoms with van der Waals surface area (Å²) in [4.78, 5) is 12.0. The van der Waals surface area contributed by atoms with Crippen LogP contribution >= 0.6 is 0 Å². The number of amides is 1. The van der Waals surface area contributed by atoms with Crippen LogP contribution in [-0.4, -0.2) is 22.3 Å². The van der Waals surface area contributed by atoms with Crippen LogP contribution in [0.2, 0.25) is 0 Å². The molecule has 1 aliphatic rings. The van der Waals surface area contributed by atoms with Crippen molar-refractivity contribution in [1.29, 1.82) is 0 Å². The van der Waals surface area contributed by atoms with E-state index in [-0.39, 0.29) is 11.8 Å². The zero-order valence-corrected chi connectivity index (χ0v) is 11.7. The number of nitrogens with zero attached hydrogens (tertiary/aromatic N) is 1. The highest BCUT2D eigenvalue weighted by molar-refractivity contribution is 5.79. The van der Waals surface area contributed by atoms with Crippen LogP contribution in [0.5, 0.6) is 0 Å². The van der Waals surface area contributed by atoms with Gasteiger partial charge in [-0.3, -0.25) is 4.79 Å². The molecule has 1 heterocycles. The summed E-state index contributed by atoms with van der Waals surface area (Å²) < 4.78 is 5.28. The molecule has 3 rings (SSSR count). The molecule has 21 heavy (non-hydrogen) atoms. The molecule has 110 valence electrons. The predicted octanol–water partition coefficient (Wildman–Crippen LogP) is 2.12. The fraction of sp³-hybridized carbons (Fsp3) is 0.375. The number of nitrogens with one attached hydrogen (secondary N) is 1. The third-order valence-electron chi connectivity index (χ3n) is 3.88. The normalized spacial score (nSPS) is 21.4. The third kappa shape index (κ3) is 3.13. The molecule has 1 aromatic heterocycles. The lowest BCUT2D eigenvalue weighted by atomic mass is 10.1. The Hall–Kier alpha value is -2.14. The molecule has 2 aromatic rings. The van der Waals surface area contributed by atoms with Crippen molar-refractivity contribution in [2.45, 2.75) is 31.9 Å². The van der Waals surface area contributed by atoms with Crippen LogP contribution in [0.4, 0.5) is 0 Å². The van der Waals surface area contributed by atoms with E-state index in [4.69, 9.17) is 4.52 Å². The Morgan fingerprint density at radius 1 is 1.33 bits per heavy atom. The minimum atomic E-state index is -0.512. The molecule has 0 bridgehead atoms. The zero-order chi connectivity index (χ0) is 14.7. The average Bonchev–Trinajstić information content (AvgIpc) is 3.15. The van der Waals surface area contributed by atoms with Gasteiger partial charge < -0.3 is 14.9 Å². The van der Waals surface area contributed by atoms with Crippen LogP contribution in [0.25, 0.3) is 11.3 Å². The maximum Gasteiger partial charge on any atom is 0.226 e. The van der Waals surface area contributed by atoms with E-state index in [0.717, 1.165) is 18.4 Å². The Kier molecular flexibility index (Phi) is 4.01. The summed E-state index contributed by atoms with van der Waals surface area (Å²) in [6, 6.07) is 11.5. The number of rotatable bonds is 4. The summed E-state index contributed by atoms with van der Waals surface area (Å²) in [5, 5.41) is 16.5. The van der Waals surface area contributed by atoms with Gasteiger partial charge in [0.05, 0.1) is 18.6 Å². The molecule has 0 saturated heterocycles. The predicted molar refractivity (Wildman–Crippen MR) is 77.1 cm³/mol. The highest BCUT2D eigenvalue weighted by atomic mass is 16.5. The van der Waals surface area contributed by atoms with Crippen molar-refractivity contribution in [1.82, 2.24) is 10.5 Å². The number of hydrogen-bond acceptors (Lipinski definition) is 4. The van der Waals surface area contributed by atoms with Crippen LogP contribution < -0.4 is 5.32 Å². The van der Waals surface area contributed by atoms with Gasteiger partial charge in [0, 0.05) is 11.6 Å². The smallest absolute Gasteiger partial charge is 0.226 e. The van der Waals surface area contributed by atoms with Gasteiger partial charge in [-0.2, -0.15) is 0 Å². The Balaban J connectivity index is 1.59. The minimum Gasteiger partial charge on any atom is -0.392 e. The van der Waals surface area contributed by atoms with E-state index in [0.29, 0.717) is 24.4 Å². The van der Waals surface area contributed by atoms with Crippen molar-refractivity contribution < 1.29 is 14.4 Å². The molecule has 1 fully saturated rings. The molecule has 0 aliphatic heterocycles. The van der Waals surface area contributed by atoms with Crippen molar-refractivity contribution in [3.8, 4) is 11.3 Å². The molecule has 5 nitrogen and oxygen atoms in total. The molecule has 2 atom stereocenters. The van der Waals surface area contributed by atoms with E-state index in [1.165, 1.54) is 0 Å². The van der Waals surface area contributed by atoms with Gasteiger partial charge in [0.1, 0.15) is 5.69 Å². The quantitative estimate of drug-likeness (QED) is 0.902. The van der Waals surface area contributed by atoms with Crippen LogP contribution in [-0.2, 0) is 11.3 Å². The van der Waals surface area contributed by atoms with E-state index >= 15 is 0 Å².